The van der Waals surface area contributed by atoms with Crippen LogP contribution in [0, 0.1) is 0 Å². The maximum Gasteiger partial charge on any atom is 0.252 e. The molecule has 2 aliphatic heterocycles. The van der Waals surface area contributed by atoms with Gasteiger partial charge in [0.1, 0.15) is 0 Å². The van der Waals surface area contributed by atoms with E-state index in [2.05, 4.69) is 378 Å². The van der Waals surface area contributed by atoms with Gasteiger partial charge in [-0.05, 0) is 130 Å². The molecule has 0 saturated carbocycles. The summed E-state index contributed by atoms with van der Waals surface area (Å²) in [6.45, 7) is -0.126. The number of nitrogens with zero attached hydrogens (tertiary/aromatic N) is 3. The number of anilines is 6. The topological polar surface area (TPSA) is 11.4 Å². The van der Waals surface area contributed by atoms with Crippen LogP contribution in [0.25, 0.3) is 38.6 Å². The van der Waals surface area contributed by atoms with Crippen LogP contribution in [0.1, 0.15) is 0 Å². The van der Waals surface area contributed by atoms with Gasteiger partial charge in [-0.15, -0.1) is 0 Å². The van der Waals surface area contributed by atoms with E-state index < -0.39 is 16.1 Å². The van der Waals surface area contributed by atoms with Crippen molar-refractivity contribution in [1.29, 1.82) is 0 Å². The van der Waals surface area contributed by atoms with Gasteiger partial charge in [-0.1, -0.05) is 303 Å². The van der Waals surface area contributed by atoms with E-state index in [1.54, 1.807) is 0 Å². The molecule has 3 nitrogen and oxygen atoms in total. The van der Waals surface area contributed by atoms with E-state index in [-0.39, 0.29) is 6.71 Å². The van der Waals surface area contributed by atoms with Gasteiger partial charge in [0.15, 0.2) is 16.1 Å². The zero-order valence-electron chi connectivity index (χ0n) is 49.6. The summed E-state index contributed by atoms with van der Waals surface area (Å²) in [7, 11) is -5.72. The largest absolute Gasteiger partial charge is 0.311 e. The van der Waals surface area contributed by atoms with Crippen molar-refractivity contribution in [2.45, 2.75) is 0 Å². The molecular formula is C84H60BN3Si2. The molecule has 17 rings (SSSR count). The average molecular weight is 1180 g/mol. The molecule has 0 amide bonds. The molecule has 0 saturated heterocycles. The van der Waals surface area contributed by atoms with Gasteiger partial charge < -0.3 is 14.4 Å². The van der Waals surface area contributed by atoms with E-state index in [1.165, 1.54) is 102 Å². The smallest absolute Gasteiger partial charge is 0.252 e. The molecule has 0 N–H and O–H groups in total. The second-order valence-electron chi connectivity index (χ2n) is 23.8. The number of hydrogen-bond donors (Lipinski definition) is 0. The highest BCUT2D eigenvalue weighted by Crippen LogP contribution is 2.47. The summed E-state index contributed by atoms with van der Waals surface area (Å²) in [6, 6.07) is 137. The number of benzene rings is 14. The molecule has 2 aliphatic rings. The monoisotopic (exact) mass is 1180 g/mol. The number of para-hydroxylation sites is 3. The molecule has 15 aromatic rings. The fourth-order valence-electron chi connectivity index (χ4n) is 15.6. The zero-order chi connectivity index (χ0) is 59.6. The maximum absolute atomic E-state index is 2.87. The van der Waals surface area contributed by atoms with Crippen LogP contribution in [0.2, 0.25) is 0 Å². The van der Waals surface area contributed by atoms with Crippen molar-refractivity contribution in [1.82, 2.24) is 4.57 Å². The Morgan fingerprint density at radius 1 is 0.233 bits per heavy atom. The Bertz CT molecular complexity index is 4840. The Kier molecular flexibility index (Phi) is 13.0. The van der Waals surface area contributed by atoms with Gasteiger partial charge >= 0.3 is 0 Å². The molecule has 3 heterocycles. The van der Waals surface area contributed by atoms with Crippen LogP contribution in [0.4, 0.5) is 34.1 Å². The van der Waals surface area contributed by atoms with E-state index in [4.69, 9.17) is 0 Å². The van der Waals surface area contributed by atoms with E-state index >= 15 is 0 Å². The lowest BCUT2D eigenvalue weighted by atomic mass is 9.32. The van der Waals surface area contributed by atoms with Crippen LogP contribution in [0.15, 0.2) is 364 Å². The minimum absolute atomic E-state index is 0.126. The van der Waals surface area contributed by atoms with Gasteiger partial charge in [-0.25, -0.2) is 0 Å². The highest BCUT2D eigenvalue weighted by Gasteiger charge is 2.47. The fourth-order valence-corrected chi connectivity index (χ4v) is 25.1. The van der Waals surface area contributed by atoms with Gasteiger partial charge in [0.25, 0.3) is 6.71 Å². The Balaban J connectivity index is 0.947. The molecular weight excluding hydrogens is 1120 g/mol. The third kappa shape index (κ3) is 8.26. The number of aromatic nitrogens is 1. The lowest BCUT2D eigenvalue weighted by Gasteiger charge is -2.45. The summed E-state index contributed by atoms with van der Waals surface area (Å²) < 4.78 is 2.51. The molecule has 0 unspecified atom stereocenters. The normalized spacial score (nSPS) is 12.6. The second kappa shape index (κ2) is 22.0. The van der Waals surface area contributed by atoms with Crippen molar-refractivity contribution in [3.63, 3.8) is 0 Å². The number of hydrogen-bond acceptors (Lipinski definition) is 2. The summed E-state index contributed by atoms with van der Waals surface area (Å²) >= 11 is 0. The molecule has 6 heteroatoms. The van der Waals surface area contributed by atoms with Crippen LogP contribution >= 0.6 is 0 Å². The SMILES string of the molecule is c1ccc(-c2cccc3c2B2c4ccccc4N(c4ccc([Si](c5ccccc5)(c5ccccc5)c5ccccc5)cc4)c4cc(-n5c6ccccc6c6ccccc65)cc(c42)N3c2ccc([Si](c3ccccc3)(c3ccccc3)c3ccccc3)cc2)cc1. The van der Waals surface area contributed by atoms with Crippen LogP contribution in [0.5, 0.6) is 0 Å². The third-order valence-electron chi connectivity index (χ3n) is 19.3. The van der Waals surface area contributed by atoms with Crippen molar-refractivity contribution in [3.05, 3.63) is 364 Å². The third-order valence-corrected chi connectivity index (χ3v) is 28.9. The van der Waals surface area contributed by atoms with Gasteiger partial charge in [-0.3, -0.25) is 0 Å². The van der Waals surface area contributed by atoms with Gasteiger partial charge in [0, 0.05) is 44.9 Å². The quantitative estimate of drug-likeness (QED) is 0.0892. The molecule has 0 radical (unpaired) electrons. The number of fused-ring (bicyclic) bond motifs is 7. The van der Waals surface area contributed by atoms with Gasteiger partial charge in [0.05, 0.1) is 16.7 Å². The Morgan fingerprint density at radius 3 is 0.989 bits per heavy atom. The Hall–Kier alpha value is -11.0. The average Bonchev–Trinajstić information content (AvgIpc) is 0.766. The van der Waals surface area contributed by atoms with Crippen molar-refractivity contribution in [2.75, 3.05) is 9.80 Å². The summed E-state index contributed by atoms with van der Waals surface area (Å²) in [5.41, 5.74) is 16.5. The highest BCUT2D eigenvalue weighted by atomic mass is 28.3. The van der Waals surface area contributed by atoms with E-state index in [0.717, 1.165) is 28.4 Å². The first kappa shape index (κ1) is 53.2. The lowest BCUT2D eigenvalue weighted by Crippen LogP contribution is -2.74. The molecule has 0 bridgehead atoms. The molecule has 0 fully saturated rings. The highest BCUT2D eigenvalue weighted by molar-refractivity contribution is 7.20. The summed E-state index contributed by atoms with van der Waals surface area (Å²) in [4.78, 5) is 5.18. The first-order valence-corrected chi connectivity index (χ1v) is 35.3. The molecule has 422 valence electrons. The van der Waals surface area contributed by atoms with E-state index in [0.29, 0.717) is 0 Å². The minimum atomic E-state index is -2.87. The molecule has 1 aromatic heterocycles. The standard InChI is InChI=1S/C84H60BN3Si2/c1-8-29-61(30-9-1)73-45-28-50-80-83(73)85-76-46-24-27-49-79(76)86(62-51-55-71(56-52-62)89(65-31-10-2-11-32-65,66-33-12-3-13-34-66)67-35-14-4-15-36-67)81-59-64(88-77-47-25-22-43-74(77)75-44-23-26-48-78(75)88)60-82(84(81)85)87(80)63-53-57-72(58-54-63)90(68-37-16-5-17-38-68,69-39-18-6-19-40-69)70-41-20-7-21-42-70/h1-60H. The van der Waals surface area contributed by atoms with Crippen LogP contribution in [0.3, 0.4) is 0 Å². The van der Waals surface area contributed by atoms with Crippen molar-refractivity contribution >= 4 is 137 Å². The molecule has 14 aromatic carbocycles. The van der Waals surface area contributed by atoms with Crippen molar-refractivity contribution in [2.24, 2.45) is 0 Å². The minimum Gasteiger partial charge on any atom is -0.311 e. The van der Waals surface area contributed by atoms with E-state index in [1.807, 2.05) is 0 Å². The molecule has 0 spiro atoms. The fraction of sp³-hybridized carbons (Fsp3) is 0. The second-order valence-corrected chi connectivity index (χ2v) is 31.4. The predicted octanol–water partition coefficient (Wildman–Crippen LogP) is 13.3. The van der Waals surface area contributed by atoms with Crippen LogP contribution in [-0.4, -0.2) is 27.4 Å². The van der Waals surface area contributed by atoms with Crippen molar-refractivity contribution in [3.8, 4) is 16.8 Å². The number of rotatable bonds is 12. The summed E-state index contributed by atoms with van der Waals surface area (Å²) in [6.07, 6.45) is 0. The maximum atomic E-state index is 2.60. The van der Waals surface area contributed by atoms with Crippen LogP contribution < -0.4 is 67.7 Å². The van der Waals surface area contributed by atoms with Crippen LogP contribution in [-0.2, 0) is 0 Å². The molecule has 90 heavy (non-hydrogen) atoms. The first-order valence-electron chi connectivity index (χ1n) is 31.3. The summed E-state index contributed by atoms with van der Waals surface area (Å²) in [5.74, 6) is 0. The Labute approximate surface area is 528 Å². The van der Waals surface area contributed by atoms with Gasteiger partial charge in [0.2, 0.25) is 0 Å². The summed E-state index contributed by atoms with van der Waals surface area (Å²) in [5, 5.41) is 13.2. The van der Waals surface area contributed by atoms with E-state index in [9.17, 15) is 0 Å². The zero-order valence-corrected chi connectivity index (χ0v) is 51.6. The lowest BCUT2D eigenvalue weighted by molar-refractivity contribution is 1.16. The first-order chi connectivity index (χ1) is 44.7. The predicted molar refractivity (Wildman–Crippen MR) is 387 cm³/mol. The van der Waals surface area contributed by atoms with Crippen molar-refractivity contribution < 1.29 is 0 Å². The molecule has 0 atom stereocenters. The Morgan fingerprint density at radius 2 is 0.567 bits per heavy atom. The molecule has 0 aliphatic carbocycles. The van der Waals surface area contributed by atoms with Gasteiger partial charge in [-0.2, -0.15) is 0 Å².